The van der Waals surface area contributed by atoms with Crippen molar-refractivity contribution in [3.05, 3.63) is 29.3 Å². The Kier molecular flexibility index (Phi) is 5.34. The van der Waals surface area contributed by atoms with Crippen molar-refractivity contribution in [3.8, 4) is 11.8 Å². The zero-order chi connectivity index (χ0) is 13.5. The first-order chi connectivity index (χ1) is 8.62. The van der Waals surface area contributed by atoms with Crippen molar-refractivity contribution in [2.75, 3.05) is 14.2 Å². The average Bonchev–Trinajstić information content (AvgIpc) is 2.38. The van der Waals surface area contributed by atoms with E-state index >= 15 is 0 Å². The van der Waals surface area contributed by atoms with Crippen LogP contribution in [-0.2, 0) is 6.54 Å². The Morgan fingerprint density at radius 3 is 2.83 bits per heavy atom. The summed E-state index contributed by atoms with van der Waals surface area (Å²) < 4.78 is 5.28. The zero-order valence-corrected chi connectivity index (χ0v) is 11.0. The lowest BCUT2D eigenvalue weighted by Crippen LogP contribution is -2.28. The number of hydrogen-bond acceptors (Lipinski definition) is 4. The molecule has 0 saturated heterocycles. The predicted molar refractivity (Wildman–Crippen MR) is 69.5 cm³/mol. The fourth-order valence-electron chi connectivity index (χ4n) is 1.71. The number of nitriles is 1. The number of carbonyl (C=O) groups is 1. The third kappa shape index (κ3) is 3.57. The van der Waals surface area contributed by atoms with E-state index in [-0.39, 0.29) is 6.04 Å². The fourth-order valence-corrected chi connectivity index (χ4v) is 1.71. The van der Waals surface area contributed by atoms with Gasteiger partial charge in [0.2, 0.25) is 0 Å². The first kappa shape index (κ1) is 14.2. The molecule has 0 amide bonds. The standard InChI is InChI=1S/C14H18N2O2/c1-11(6-7-15)16(2)9-13-8-12(10-17)4-5-14(13)18-3/h4-5,8,10-11H,6,9H2,1-3H3. The van der Waals surface area contributed by atoms with E-state index in [2.05, 4.69) is 11.0 Å². The van der Waals surface area contributed by atoms with Crippen molar-refractivity contribution in [2.24, 2.45) is 0 Å². The van der Waals surface area contributed by atoms with Crippen LogP contribution in [0, 0.1) is 11.3 Å². The highest BCUT2D eigenvalue weighted by Gasteiger charge is 2.12. The molecule has 0 aliphatic heterocycles. The van der Waals surface area contributed by atoms with Crippen molar-refractivity contribution >= 4 is 6.29 Å². The summed E-state index contributed by atoms with van der Waals surface area (Å²) in [5.74, 6) is 0.761. The Morgan fingerprint density at radius 1 is 1.56 bits per heavy atom. The van der Waals surface area contributed by atoms with E-state index in [9.17, 15) is 4.79 Å². The maximum atomic E-state index is 10.8. The van der Waals surface area contributed by atoms with E-state index in [0.717, 1.165) is 17.6 Å². The maximum absolute atomic E-state index is 10.8. The minimum atomic E-state index is 0.166. The number of methoxy groups -OCH3 is 1. The van der Waals surface area contributed by atoms with Crippen LogP contribution in [0.5, 0.6) is 5.75 Å². The van der Waals surface area contributed by atoms with Crippen LogP contribution >= 0.6 is 0 Å². The summed E-state index contributed by atoms with van der Waals surface area (Å²) in [6.45, 7) is 2.65. The third-order valence-electron chi connectivity index (χ3n) is 3.00. The Balaban J connectivity index is 2.88. The Hall–Kier alpha value is -1.86. The van der Waals surface area contributed by atoms with Gasteiger partial charge in [-0.3, -0.25) is 9.69 Å². The van der Waals surface area contributed by atoms with Crippen LogP contribution in [0.15, 0.2) is 18.2 Å². The quantitative estimate of drug-likeness (QED) is 0.722. The Morgan fingerprint density at radius 2 is 2.28 bits per heavy atom. The van der Waals surface area contributed by atoms with Gasteiger partial charge in [-0.25, -0.2) is 0 Å². The summed E-state index contributed by atoms with van der Waals surface area (Å²) in [4.78, 5) is 12.8. The summed E-state index contributed by atoms with van der Waals surface area (Å²) in [6.07, 6.45) is 1.30. The van der Waals surface area contributed by atoms with Crippen LogP contribution in [0.1, 0.15) is 29.3 Å². The van der Waals surface area contributed by atoms with Gasteiger partial charge in [0.25, 0.3) is 0 Å². The van der Waals surface area contributed by atoms with Gasteiger partial charge >= 0.3 is 0 Å². The second-order valence-electron chi connectivity index (χ2n) is 4.32. The highest BCUT2D eigenvalue weighted by molar-refractivity contribution is 5.75. The monoisotopic (exact) mass is 246 g/mol. The number of ether oxygens (including phenoxy) is 1. The number of benzene rings is 1. The smallest absolute Gasteiger partial charge is 0.150 e. The molecule has 1 aromatic carbocycles. The number of nitrogens with zero attached hydrogens (tertiary/aromatic N) is 2. The molecule has 0 radical (unpaired) electrons. The molecular weight excluding hydrogens is 228 g/mol. The summed E-state index contributed by atoms with van der Waals surface area (Å²) in [6, 6.07) is 7.67. The molecule has 96 valence electrons. The van der Waals surface area contributed by atoms with Crippen LogP contribution in [0.2, 0.25) is 0 Å². The number of aldehydes is 1. The fraction of sp³-hybridized carbons (Fsp3) is 0.429. The van der Waals surface area contributed by atoms with Crippen molar-refractivity contribution in [1.29, 1.82) is 5.26 Å². The van der Waals surface area contributed by atoms with Gasteiger partial charge < -0.3 is 4.74 Å². The molecule has 1 unspecified atom stereocenters. The Bertz CT molecular complexity index is 452. The molecule has 0 aliphatic rings. The molecule has 0 saturated carbocycles. The molecule has 1 rings (SSSR count). The van der Waals surface area contributed by atoms with Crippen LogP contribution < -0.4 is 4.74 Å². The van der Waals surface area contributed by atoms with Crippen molar-refractivity contribution in [3.63, 3.8) is 0 Å². The van der Waals surface area contributed by atoms with E-state index in [1.807, 2.05) is 20.0 Å². The van der Waals surface area contributed by atoms with Gasteiger partial charge in [-0.1, -0.05) is 0 Å². The summed E-state index contributed by atoms with van der Waals surface area (Å²) in [7, 11) is 3.56. The molecule has 1 atom stereocenters. The molecule has 4 nitrogen and oxygen atoms in total. The second kappa shape index (κ2) is 6.77. The summed E-state index contributed by atoms with van der Waals surface area (Å²) >= 11 is 0. The molecule has 0 heterocycles. The molecule has 0 fully saturated rings. The third-order valence-corrected chi connectivity index (χ3v) is 3.00. The topological polar surface area (TPSA) is 53.3 Å². The molecular formula is C14H18N2O2. The van der Waals surface area contributed by atoms with Crippen LogP contribution in [-0.4, -0.2) is 31.4 Å². The summed E-state index contributed by atoms with van der Waals surface area (Å²) in [5, 5.41) is 8.69. The maximum Gasteiger partial charge on any atom is 0.150 e. The lowest BCUT2D eigenvalue weighted by Gasteiger charge is -2.23. The van der Waals surface area contributed by atoms with E-state index in [1.165, 1.54) is 0 Å². The summed E-state index contributed by atoms with van der Waals surface area (Å²) in [5.41, 5.74) is 1.58. The number of rotatable bonds is 6. The number of hydrogen-bond donors (Lipinski definition) is 0. The van der Waals surface area contributed by atoms with Gasteiger partial charge in [-0.2, -0.15) is 5.26 Å². The zero-order valence-electron chi connectivity index (χ0n) is 11.0. The van der Waals surface area contributed by atoms with E-state index < -0.39 is 0 Å². The lowest BCUT2D eigenvalue weighted by atomic mass is 10.1. The van der Waals surface area contributed by atoms with Crippen molar-refractivity contribution in [1.82, 2.24) is 4.90 Å². The van der Waals surface area contributed by atoms with Gasteiger partial charge in [-0.05, 0) is 32.2 Å². The van der Waals surface area contributed by atoms with E-state index in [0.29, 0.717) is 18.5 Å². The van der Waals surface area contributed by atoms with E-state index in [1.54, 1.807) is 19.2 Å². The first-order valence-electron chi connectivity index (χ1n) is 5.81. The highest BCUT2D eigenvalue weighted by atomic mass is 16.5. The molecule has 4 heteroatoms. The molecule has 0 aliphatic carbocycles. The van der Waals surface area contributed by atoms with Gasteiger partial charge in [0.05, 0.1) is 19.6 Å². The average molecular weight is 246 g/mol. The lowest BCUT2D eigenvalue weighted by molar-refractivity contribution is 0.112. The number of carbonyl (C=O) groups excluding carboxylic acids is 1. The minimum absolute atomic E-state index is 0.166. The van der Waals surface area contributed by atoms with E-state index in [4.69, 9.17) is 10.00 Å². The van der Waals surface area contributed by atoms with Crippen LogP contribution in [0.3, 0.4) is 0 Å². The SMILES string of the molecule is COc1ccc(C=O)cc1CN(C)C(C)CC#N. The van der Waals surface area contributed by atoms with Crippen molar-refractivity contribution in [2.45, 2.75) is 25.9 Å². The molecule has 1 aromatic rings. The second-order valence-corrected chi connectivity index (χ2v) is 4.32. The Labute approximate surface area is 108 Å². The molecule has 0 spiro atoms. The predicted octanol–water partition coefficient (Wildman–Crippen LogP) is 2.24. The molecule has 18 heavy (non-hydrogen) atoms. The minimum Gasteiger partial charge on any atom is -0.496 e. The highest BCUT2D eigenvalue weighted by Crippen LogP contribution is 2.21. The van der Waals surface area contributed by atoms with Gasteiger partial charge in [0.1, 0.15) is 12.0 Å². The van der Waals surface area contributed by atoms with Crippen molar-refractivity contribution < 1.29 is 9.53 Å². The first-order valence-corrected chi connectivity index (χ1v) is 5.81. The van der Waals surface area contributed by atoms with Crippen LogP contribution in [0.4, 0.5) is 0 Å². The normalized spacial score (nSPS) is 11.9. The molecule has 0 N–H and O–H groups in total. The van der Waals surface area contributed by atoms with Gasteiger partial charge in [0.15, 0.2) is 0 Å². The largest absolute Gasteiger partial charge is 0.496 e. The molecule has 0 aromatic heterocycles. The van der Waals surface area contributed by atoms with Gasteiger partial charge in [0, 0.05) is 23.7 Å². The van der Waals surface area contributed by atoms with Crippen LogP contribution in [0.25, 0.3) is 0 Å². The van der Waals surface area contributed by atoms with Gasteiger partial charge in [-0.15, -0.1) is 0 Å². The molecule has 0 bridgehead atoms.